The van der Waals surface area contributed by atoms with Crippen LogP contribution in [0.25, 0.3) is 0 Å². The van der Waals surface area contributed by atoms with Crippen molar-refractivity contribution in [3.63, 3.8) is 0 Å². The number of nitrogens with one attached hydrogen (secondary N) is 1. The van der Waals surface area contributed by atoms with Gasteiger partial charge >= 0.3 is 15.5 Å². The van der Waals surface area contributed by atoms with Crippen LogP contribution in [0.1, 0.15) is 18.4 Å². The van der Waals surface area contributed by atoms with E-state index in [1.807, 2.05) is 18.2 Å². The van der Waals surface area contributed by atoms with E-state index in [1.54, 1.807) is 7.05 Å². The van der Waals surface area contributed by atoms with Crippen molar-refractivity contribution in [2.75, 3.05) is 38.1 Å². The van der Waals surface area contributed by atoms with Crippen molar-refractivity contribution in [1.29, 1.82) is 0 Å². The van der Waals surface area contributed by atoms with Gasteiger partial charge in [0.15, 0.2) is 5.96 Å². The Morgan fingerprint density at radius 3 is 2.46 bits per heavy atom. The Kier molecular flexibility index (Phi) is 7.59. The van der Waals surface area contributed by atoms with Crippen molar-refractivity contribution in [1.82, 2.24) is 9.62 Å². The van der Waals surface area contributed by atoms with Crippen molar-refractivity contribution < 1.29 is 21.6 Å². The van der Waals surface area contributed by atoms with Crippen LogP contribution >= 0.6 is 24.0 Å². The summed E-state index contributed by atoms with van der Waals surface area (Å²) < 4.78 is 61.4. The summed E-state index contributed by atoms with van der Waals surface area (Å²) in [5, 5.41) is 3.29. The van der Waals surface area contributed by atoms with E-state index in [9.17, 15) is 21.6 Å². The summed E-state index contributed by atoms with van der Waals surface area (Å²) in [6.07, 6.45) is 1.70. The second-order valence-electron chi connectivity index (χ2n) is 6.75. The number of benzene rings is 1. The van der Waals surface area contributed by atoms with Gasteiger partial charge in [0, 0.05) is 38.9 Å². The fraction of sp³-hybridized carbons (Fsp3) is 0.588. The molecule has 0 amide bonds. The van der Waals surface area contributed by atoms with Crippen LogP contribution in [0.4, 0.5) is 18.9 Å². The van der Waals surface area contributed by atoms with Crippen molar-refractivity contribution in [2.45, 2.75) is 24.8 Å². The molecule has 6 nitrogen and oxygen atoms in total. The third kappa shape index (κ3) is 4.73. The largest absolute Gasteiger partial charge is 0.511 e. The lowest BCUT2D eigenvalue weighted by Crippen LogP contribution is -2.47. The average Bonchev–Trinajstić information content (AvgIpc) is 3.06. The first-order chi connectivity index (χ1) is 12.7. The van der Waals surface area contributed by atoms with Crippen molar-refractivity contribution >= 4 is 45.6 Å². The minimum Gasteiger partial charge on any atom is -0.356 e. The summed E-state index contributed by atoms with van der Waals surface area (Å²) >= 11 is 0. The van der Waals surface area contributed by atoms with Crippen LogP contribution in [0.15, 0.2) is 29.3 Å². The molecule has 1 fully saturated rings. The van der Waals surface area contributed by atoms with Crippen LogP contribution in [-0.2, 0) is 16.4 Å². The fourth-order valence-electron chi connectivity index (χ4n) is 3.59. The molecule has 28 heavy (non-hydrogen) atoms. The maximum absolute atomic E-state index is 12.6. The normalized spacial score (nSPS) is 19.3. The second-order valence-corrected chi connectivity index (χ2v) is 8.68. The molecule has 1 aromatic carbocycles. The number of hydrogen-bond donors (Lipinski definition) is 1. The van der Waals surface area contributed by atoms with Gasteiger partial charge in [0.1, 0.15) is 0 Å². The van der Waals surface area contributed by atoms with Gasteiger partial charge in [0.05, 0.1) is 0 Å². The Balaban J connectivity index is 0.00000280. The Morgan fingerprint density at radius 1 is 1.21 bits per heavy atom. The van der Waals surface area contributed by atoms with E-state index in [0.29, 0.717) is 23.7 Å². The van der Waals surface area contributed by atoms with E-state index in [4.69, 9.17) is 0 Å². The summed E-state index contributed by atoms with van der Waals surface area (Å²) in [5.41, 5.74) is -2.87. The number of rotatable bonds is 3. The van der Waals surface area contributed by atoms with E-state index >= 15 is 0 Å². The summed E-state index contributed by atoms with van der Waals surface area (Å²) in [6, 6.07) is 8.09. The second kappa shape index (κ2) is 9.16. The lowest BCUT2D eigenvalue weighted by Gasteiger charge is -2.32. The number of halogens is 4. The van der Waals surface area contributed by atoms with Crippen molar-refractivity contribution in [3.05, 3.63) is 29.8 Å². The summed E-state index contributed by atoms with van der Waals surface area (Å²) in [4.78, 5) is 6.41. The number of alkyl halides is 3. The maximum Gasteiger partial charge on any atom is 0.511 e. The topological polar surface area (TPSA) is 65.0 Å². The Hall–Kier alpha value is -1.08. The molecule has 1 saturated heterocycles. The minimum absolute atomic E-state index is 0. The molecule has 0 spiro atoms. The molecule has 2 aliphatic rings. The average molecular weight is 532 g/mol. The van der Waals surface area contributed by atoms with Crippen LogP contribution in [0.5, 0.6) is 0 Å². The number of fused-ring (bicyclic) bond motifs is 1. The predicted molar refractivity (Wildman–Crippen MR) is 114 cm³/mol. The molecule has 2 heterocycles. The smallest absolute Gasteiger partial charge is 0.356 e. The highest BCUT2D eigenvalue weighted by Crippen LogP contribution is 2.30. The van der Waals surface area contributed by atoms with Crippen LogP contribution in [0.2, 0.25) is 0 Å². The zero-order valence-corrected chi connectivity index (χ0v) is 18.6. The monoisotopic (exact) mass is 532 g/mol. The molecule has 0 radical (unpaired) electrons. The van der Waals surface area contributed by atoms with E-state index < -0.39 is 15.5 Å². The molecule has 158 valence electrons. The molecule has 0 aliphatic carbocycles. The quantitative estimate of drug-likeness (QED) is 0.370. The predicted octanol–water partition coefficient (Wildman–Crippen LogP) is 2.80. The van der Waals surface area contributed by atoms with Crippen molar-refractivity contribution in [2.24, 2.45) is 10.9 Å². The van der Waals surface area contributed by atoms with Crippen molar-refractivity contribution in [3.8, 4) is 0 Å². The van der Waals surface area contributed by atoms with Gasteiger partial charge in [-0.3, -0.25) is 4.99 Å². The molecule has 11 heteroatoms. The Bertz CT molecular complexity index is 809. The first-order valence-electron chi connectivity index (χ1n) is 8.86. The summed E-state index contributed by atoms with van der Waals surface area (Å²) in [5.74, 6) is 0.824. The highest BCUT2D eigenvalue weighted by molar-refractivity contribution is 14.0. The van der Waals surface area contributed by atoms with Gasteiger partial charge in [0.2, 0.25) is 0 Å². The van der Waals surface area contributed by atoms with E-state index in [0.717, 1.165) is 24.6 Å². The zero-order chi connectivity index (χ0) is 19.7. The van der Waals surface area contributed by atoms with E-state index in [1.165, 1.54) is 5.56 Å². The lowest BCUT2D eigenvalue weighted by atomic mass is 9.98. The molecule has 0 atom stereocenters. The van der Waals surface area contributed by atoms with Gasteiger partial charge in [-0.05, 0) is 36.8 Å². The first-order valence-corrected chi connectivity index (χ1v) is 10.3. The Labute approximate surface area is 180 Å². The number of aliphatic imine (C=N–C) groups is 1. The fourth-order valence-corrected chi connectivity index (χ4v) is 4.57. The van der Waals surface area contributed by atoms with Crippen LogP contribution < -0.4 is 10.2 Å². The first kappa shape index (κ1) is 23.2. The van der Waals surface area contributed by atoms with Gasteiger partial charge in [-0.1, -0.05) is 18.2 Å². The maximum atomic E-state index is 12.6. The van der Waals surface area contributed by atoms with Gasteiger partial charge < -0.3 is 10.2 Å². The van der Waals surface area contributed by atoms with Gasteiger partial charge in [-0.2, -0.15) is 17.5 Å². The molecule has 0 bridgehead atoms. The zero-order valence-electron chi connectivity index (χ0n) is 15.4. The van der Waals surface area contributed by atoms with Gasteiger partial charge in [0.25, 0.3) is 0 Å². The summed E-state index contributed by atoms with van der Waals surface area (Å²) in [6.45, 7) is 1.14. The number of hydrogen-bond acceptors (Lipinski definition) is 3. The number of nitrogens with zero attached hydrogens (tertiary/aromatic N) is 3. The standard InChI is InChI=1S/C17H23F3N4O2S.HI/c1-21-16(24-11-8-14-4-2-3-5-15(14)24)22-12-13-6-9-23(10-7-13)27(25,26)17(18,19)20;/h2-5,13H,6-12H2,1H3,(H,21,22);1H. The molecule has 1 aromatic rings. The Morgan fingerprint density at radius 2 is 1.86 bits per heavy atom. The number of sulfonamides is 1. The number of para-hydroxylation sites is 1. The lowest BCUT2D eigenvalue weighted by molar-refractivity contribution is -0.0496. The van der Waals surface area contributed by atoms with Gasteiger partial charge in [-0.25, -0.2) is 8.42 Å². The van der Waals surface area contributed by atoms with E-state index in [-0.39, 0.29) is 43.0 Å². The molecule has 0 saturated carbocycles. The van der Waals surface area contributed by atoms with Crippen LogP contribution in [-0.4, -0.2) is 57.4 Å². The molecule has 1 N–H and O–H groups in total. The molecule has 2 aliphatic heterocycles. The van der Waals surface area contributed by atoms with Crippen LogP contribution in [0, 0.1) is 5.92 Å². The molecule has 3 rings (SSSR count). The third-order valence-electron chi connectivity index (χ3n) is 5.11. The highest BCUT2D eigenvalue weighted by Gasteiger charge is 2.50. The molecular weight excluding hydrogens is 508 g/mol. The number of anilines is 1. The molecule has 0 aromatic heterocycles. The SMILES string of the molecule is CN=C(NCC1CCN(S(=O)(=O)C(F)(F)F)CC1)N1CCc2ccccc21.I. The van der Waals surface area contributed by atoms with Gasteiger partial charge in [-0.15, -0.1) is 24.0 Å². The molecular formula is C17H24F3IN4O2S. The molecule has 0 unspecified atom stereocenters. The van der Waals surface area contributed by atoms with E-state index in [2.05, 4.69) is 21.3 Å². The highest BCUT2D eigenvalue weighted by atomic mass is 127. The minimum atomic E-state index is -5.23. The number of guanidine groups is 1. The third-order valence-corrected chi connectivity index (χ3v) is 6.74. The van der Waals surface area contributed by atoms with Crippen LogP contribution in [0.3, 0.4) is 0 Å². The number of piperidine rings is 1. The summed E-state index contributed by atoms with van der Waals surface area (Å²) in [7, 11) is -3.53.